The van der Waals surface area contributed by atoms with Gasteiger partial charge in [-0.25, -0.2) is 14.6 Å². The molecule has 1 atom stereocenters. The molecule has 0 aliphatic rings. The summed E-state index contributed by atoms with van der Waals surface area (Å²) < 4.78 is 1.46. The predicted octanol–water partition coefficient (Wildman–Crippen LogP) is -0.988. The monoisotopic (exact) mass is 234 g/mol. The molecule has 0 saturated carbocycles. The average Bonchev–Trinajstić information content (AvgIpc) is 2.78. The average molecular weight is 234 g/mol. The molecule has 2 aromatic rings. The van der Waals surface area contributed by atoms with E-state index >= 15 is 0 Å². The van der Waals surface area contributed by atoms with E-state index in [0.717, 1.165) is 0 Å². The molecule has 0 aliphatic carbocycles. The van der Waals surface area contributed by atoms with Gasteiger partial charge in [-0.05, 0) is 0 Å². The molecule has 0 fully saturated rings. The molecule has 8 heteroatoms. The summed E-state index contributed by atoms with van der Waals surface area (Å²) in [6.07, 6.45) is 6.28. The van der Waals surface area contributed by atoms with Gasteiger partial charge in [-0.15, -0.1) is 5.10 Å². The summed E-state index contributed by atoms with van der Waals surface area (Å²) in [6, 6.07) is -0.979. The Morgan fingerprint density at radius 2 is 2.18 bits per heavy atom. The number of carboxylic acids is 1. The molecule has 0 saturated heterocycles. The van der Waals surface area contributed by atoms with E-state index in [2.05, 4.69) is 20.3 Å². The second-order valence-electron chi connectivity index (χ2n) is 3.40. The van der Waals surface area contributed by atoms with Gasteiger partial charge in [0.25, 0.3) is 0 Å². The molecular weight excluding hydrogens is 224 g/mol. The first-order valence-electron chi connectivity index (χ1n) is 4.82. The zero-order valence-corrected chi connectivity index (χ0v) is 8.76. The molecule has 0 radical (unpaired) electrons. The third-order valence-electron chi connectivity index (χ3n) is 2.10. The van der Waals surface area contributed by atoms with Crippen molar-refractivity contribution in [1.29, 1.82) is 0 Å². The lowest BCUT2D eigenvalue weighted by molar-refractivity contribution is -0.138. The zero-order valence-electron chi connectivity index (χ0n) is 8.76. The first-order valence-corrected chi connectivity index (χ1v) is 4.82. The predicted molar refractivity (Wildman–Crippen MR) is 56.3 cm³/mol. The number of hydrogen-bond acceptors (Lipinski definition) is 6. The highest BCUT2D eigenvalue weighted by Crippen LogP contribution is 2.04. The summed E-state index contributed by atoms with van der Waals surface area (Å²) >= 11 is 0. The Morgan fingerprint density at radius 1 is 1.47 bits per heavy atom. The Bertz CT molecular complexity index is 511. The molecule has 0 bridgehead atoms. The molecule has 0 amide bonds. The van der Waals surface area contributed by atoms with E-state index in [9.17, 15) is 4.79 Å². The fourth-order valence-electron chi connectivity index (χ4n) is 1.24. The first kappa shape index (κ1) is 11.1. The number of hydrogen-bond donors (Lipinski definition) is 2. The number of carboxylic acid groups (broad SMARTS) is 1. The summed E-state index contributed by atoms with van der Waals surface area (Å²) in [5.74, 6) is -1.07. The number of rotatable bonds is 4. The van der Waals surface area contributed by atoms with Crippen LogP contribution in [0, 0.1) is 0 Å². The van der Waals surface area contributed by atoms with Gasteiger partial charge in [0.05, 0.1) is 24.3 Å². The van der Waals surface area contributed by atoms with E-state index in [0.29, 0.717) is 11.4 Å². The summed E-state index contributed by atoms with van der Waals surface area (Å²) in [5, 5.41) is 16.3. The molecule has 0 aliphatic heterocycles. The van der Waals surface area contributed by atoms with E-state index in [4.69, 9.17) is 10.8 Å². The van der Waals surface area contributed by atoms with Gasteiger partial charge in [0.2, 0.25) is 0 Å². The lowest BCUT2D eigenvalue weighted by atomic mass is 10.2. The highest BCUT2D eigenvalue weighted by atomic mass is 16.4. The van der Waals surface area contributed by atoms with E-state index in [1.165, 1.54) is 11.0 Å². The Kier molecular flexibility index (Phi) is 3.06. The van der Waals surface area contributed by atoms with Crippen molar-refractivity contribution in [3.63, 3.8) is 0 Å². The van der Waals surface area contributed by atoms with Gasteiger partial charge in [-0.2, -0.15) is 0 Å². The van der Waals surface area contributed by atoms with Gasteiger partial charge in [-0.1, -0.05) is 5.21 Å². The van der Waals surface area contributed by atoms with Gasteiger partial charge < -0.3 is 10.8 Å². The van der Waals surface area contributed by atoms with Crippen molar-refractivity contribution in [3.8, 4) is 5.69 Å². The SMILES string of the molecule is NC(Cc1cn(-c2cncnc2)nn1)C(=O)O. The van der Waals surface area contributed by atoms with Crippen molar-refractivity contribution < 1.29 is 9.90 Å². The van der Waals surface area contributed by atoms with Crippen molar-refractivity contribution in [2.75, 3.05) is 0 Å². The Labute approximate surface area is 96.1 Å². The van der Waals surface area contributed by atoms with Crippen LogP contribution in [-0.4, -0.2) is 42.1 Å². The van der Waals surface area contributed by atoms with Crippen molar-refractivity contribution in [1.82, 2.24) is 25.0 Å². The van der Waals surface area contributed by atoms with Crippen LogP contribution in [0.5, 0.6) is 0 Å². The highest BCUT2D eigenvalue weighted by molar-refractivity contribution is 5.73. The third kappa shape index (κ3) is 2.61. The minimum Gasteiger partial charge on any atom is -0.480 e. The molecule has 17 heavy (non-hydrogen) atoms. The van der Waals surface area contributed by atoms with Crippen LogP contribution in [0.2, 0.25) is 0 Å². The molecule has 88 valence electrons. The molecule has 2 rings (SSSR count). The maximum absolute atomic E-state index is 10.6. The molecule has 0 spiro atoms. The number of carbonyl (C=O) groups is 1. The van der Waals surface area contributed by atoms with Crippen LogP contribution in [0.3, 0.4) is 0 Å². The molecule has 2 heterocycles. The minimum absolute atomic E-state index is 0.128. The van der Waals surface area contributed by atoms with Gasteiger partial charge in [0.1, 0.15) is 18.1 Å². The second kappa shape index (κ2) is 4.66. The van der Waals surface area contributed by atoms with Crippen molar-refractivity contribution in [2.24, 2.45) is 5.73 Å². The number of nitrogens with zero attached hydrogens (tertiary/aromatic N) is 5. The molecule has 3 N–H and O–H groups in total. The third-order valence-corrected chi connectivity index (χ3v) is 2.10. The molecule has 0 aromatic carbocycles. The smallest absolute Gasteiger partial charge is 0.320 e. The van der Waals surface area contributed by atoms with E-state index in [1.807, 2.05) is 0 Å². The topological polar surface area (TPSA) is 120 Å². The fourth-order valence-corrected chi connectivity index (χ4v) is 1.24. The Hall–Kier alpha value is -2.35. The second-order valence-corrected chi connectivity index (χ2v) is 3.40. The Morgan fingerprint density at radius 3 is 2.82 bits per heavy atom. The number of nitrogens with two attached hydrogens (primary N) is 1. The van der Waals surface area contributed by atoms with Gasteiger partial charge in [0, 0.05) is 6.42 Å². The van der Waals surface area contributed by atoms with E-state index in [-0.39, 0.29) is 6.42 Å². The molecule has 1 unspecified atom stereocenters. The van der Waals surface area contributed by atoms with E-state index < -0.39 is 12.0 Å². The molecule has 2 aromatic heterocycles. The van der Waals surface area contributed by atoms with Crippen LogP contribution < -0.4 is 5.73 Å². The summed E-state index contributed by atoms with van der Waals surface area (Å²) in [6.45, 7) is 0. The van der Waals surface area contributed by atoms with Crippen LogP contribution >= 0.6 is 0 Å². The lowest BCUT2D eigenvalue weighted by Crippen LogP contribution is -2.32. The first-order chi connectivity index (χ1) is 8.16. The summed E-state index contributed by atoms with van der Waals surface area (Å²) in [7, 11) is 0. The van der Waals surface area contributed by atoms with Crippen LogP contribution in [0.1, 0.15) is 5.69 Å². The van der Waals surface area contributed by atoms with Crippen LogP contribution in [0.25, 0.3) is 5.69 Å². The highest BCUT2D eigenvalue weighted by Gasteiger charge is 2.14. The quantitative estimate of drug-likeness (QED) is 0.696. The van der Waals surface area contributed by atoms with Crippen molar-refractivity contribution >= 4 is 5.97 Å². The van der Waals surface area contributed by atoms with Crippen LogP contribution in [-0.2, 0) is 11.2 Å². The number of aromatic nitrogens is 5. The molecular formula is C9H10N6O2. The van der Waals surface area contributed by atoms with E-state index in [1.54, 1.807) is 18.6 Å². The minimum atomic E-state index is -1.07. The fraction of sp³-hybridized carbons (Fsp3) is 0.222. The maximum atomic E-state index is 10.6. The maximum Gasteiger partial charge on any atom is 0.320 e. The summed E-state index contributed by atoms with van der Waals surface area (Å²) in [4.78, 5) is 18.3. The van der Waals surface area contributed by atoms with Crippen molar-refractivity contribution in [2.45, 2.75) is 12.5 Å². The molecule has 8 nitrogen and oxygen atoms in total. The van der Waals surface area contributed by atoms with Gasteiger partial charge >= 0.3 is 5.97 Å². The Balaban J connectivity index is 2.14. The number of aliphatic carboxylic acids is 1. The largest absolute Gasteiger partial charge is 0.480 e. The van der Waals surface area contributed by atoms with Crippen LogP contribution in [0.15, 0.2) is 24.9 Å². The van der Waals surface area contributed by atoms with Crippen molar-refractivity contribution in [3.05, 3.63) is 30.6 Å². The standard InChI is InChI=1S/C9H10N6O2/c10-8(9(16)17)1-6-4-15(14-13-6)7-2-11-5-12-3-7/h2-5,8H,1,10H2,(H,16,17). The van der Waals surface area contributed by atoms with Crippen LogP contribution in [0.4, 0.5) is 0 Å². The van der Waals surface area contributed by atoms with Gasteiger partial charge in [-0.3, -0.25) is 4.79 Å². The zero-order chi connectivity index (χ0) is 12.3. The summed E-state index contributed by atoms with van der Waals surface area (Å²) in [5.41, 5.74) is 6.55. The lowest BCUT2D eigenvalue weighted by Gasteiger charge is -2.01. The normalized spacial score (nSPS) is 12.3. The van der Waals surface area contributed by atoms with Gasteiger partial charge in [0.15, 0.2) is 0 Å².